The van der Waals surface area contributed by atoms with Crippen LogP contribution in [-0.2, 0) is 0 Å². The van der Waals surface area contributed by atoms with Gasteiger partial charge in [-0.15, -0.1) is 0 Å². The lowest BCUT2D eigenvalue weighted by Crippen LogP contribution is -2.01. The average molecular weight is 525 g/mol. The number of allylic oxidation sites excluding steroid dienone is 2. The van der Waals surface area contributed by atoms with Crippen molar-refractivity contribution >= 4 is 22.8 Å². The summed E-state index contributed by atoms with van der Waals surface area (Å²) in [5, 5.41) is 9.12. The third kappa shape index (κ3) is 5.24. The van der Waals surface area contributed by atoms with E-state index in [4.69, 9.17) is 9.47 Å². The third-order valence-corrected chi connectivity index (χ3v) is 6.95. The van der Waals surface area contributed by atoms with Gasteiger partial charge in [0.1, 0.15) is 11.5 Å². The quantitative estimate of drug-likeness (QED) is 0.216. The smallest absolute Gasteiger partial charge is 0.127 e. The highest BCUT2D eigenvalue weighted by Gasteiger charge is 2.14. The van der Waals surface area contributed by atoms with Gasteiger partial charge in [0.2, 0.25) is 0 Å². The number of ether oxygens (including phenoxy) is 2. The lowest BCUT2D eigenvalue weighted by molar-refractivity contribution is 0.414. The van der Waals surface area contributed by atoms with Crippen LogP contribution >= 0.6 is 0 Å². The fourth-order valence-corrected chi connectivity index (χ4v) is 4.92. The normalized spacial score (nSPS) is 14.1. The van der Waals surface area contributed by atoms with Gasteiger partial charge >= 0.3 is 0 Å². The molecule has 0 unspecified atom stereocenters. The highest BCUT2D eigenvalue weighted by Crippen LogP contribution is 2.33. The van der Waals surface area contributed by atoms with Crippen LogP contribution in [-0.4, -0.2) is 25.6 Å². The maximum atomic E-state index is 5.59. The summed E-state index contributed by atoms with van der Waals surface area (Å²) in [6, 6.07) is 28.5. The second kappa shape index (κ2) is 11.3. The Morgan fingerprint density at radius 2 is 1.00 bits per heavy atom. The Labute approximate surface area is 233 Å². The van der Waals surface area contributed by atoms with Crippen molar-refractivity contribution in [1.82, 2.24) is 0 Å². The van der Waals surface area contributed by atoms with Crippen molar-refractivity contribution in [2.24, 2.45) is 20.2 Å². The molecule has 4 aromatic carbocycles. The van der Waals surface area contributed by atoms with Gasteiger partial charge in [-0.2, -0.15) is 10.2 Å². The lowest BCUT2D eigenvalue weighted by atomic mass is 9.99. The van der Waals surface area contributed by atoms with Crippen molar-refractivity contribution in [2.45, 2.75) is 12.8 Å². The molecule has 40 heavy (non-hydrogen) atoms. The predicted molar refractivity (Wildman–Crippen MR) is 162 cm³/mol. The average Bonchev–Trinajstić information content (AvgIpc) is 3.75. The molecule has 2 aliphatic heterocycles. The van der Waals surface area contributed by atoms with Gasteiger partial charge in [0.25, 0.3) is 0 Å². The van der Waals surface area contributed by atoms with Crippen LogP contribution in [0.3, 0.4) is 0 Å². The van der Waals surface area contributed by atoms with Gasteiger partial charge in [-0.1, -0.05) is 48.6 Å². The Morgan fingerprint density at radius 1 is 0.550 bits per heavy atom. The zero-order chi connectivity index (χ0) is 27.3. The monoisotopic (exact) mass is 524 g/mol. The zero-order valence-corrected chi connectivity index (χ0v) is 22.4. The minimum atomic E-state index is 0.777. The molecule has 0 amide bonds. The second-order valence-corrected chi connectivity index (χ2v) is 9.46. The van der Waals surface area contributed by atoms with E-state index in [1.807, 2.05) is 73.1 Å². The van der Waals surface area contributed by atoms with E-state index in [0.29, 0.717) is 0 Å². The van der Waals surface area contributed by atoms with Crippen LogP contribution in [0.2, 0.25) is 0 Å². The molecule has 0 bridgehead atoms. The first kappa shape index (κ1) is 25.2. The van der Waals surface area contributed by atoms with E-state index in [9.17, 15) is 0 Å². The van der Waals surface area contributed by atoms with Crippen LogP contribution in [0.5, 0.6) is 11.5 Å². The van der Waals surface area contributed by atoms with Crippen LogP contribution in [0.4, 0.5) is 11.4 Å². The minimum Gasteiger partial charge on any atom is -0.496 e. The summed E-state index contributed by atoms with van der Waals surface area (Å²) >= 11 is 0. The Kier molecular flexibility index (Phi) is 7.14. The number of azo groups is 1. The Morgan fingerprint density at radius 3 is 1.40 bits per heavy atom. The molecular weight excluding hydrogens is 496 g/mol. The molecular formula is C34H28N4O2. The Bertz CT molecular complexity index is 1600. The molecule has 0 aliphatic carbocycles. The first-order valence-electron chi connectivity index (χ1n) is 13.1. The second-order valence-electron chi connectivity index (χ2n) is 9.46. The van der Waals surface area contributed by atoms with Gasteiger partial charge in [-0.3, -0.25) is 9.98 Å². The minimum absolute atomic E-state index is 0.777. The van der Waals surface area contributed by atoms with E-state index in [-0.39, 0.29) is 0 Å². The lowest BCUT2D eigenvalue weighted by Gasteiger charge is -2.11. The maximum absolute atomic E-state index is 5.59. The van der Waals surface area contributed by atoms with Crippen molar-refractivity contribution in [2.75, 3.05) is 14.2 Å². The summed E-state index contributed by atoms with van der Waals surface area (Å²) in [6.45, 7) is 0. The molecule has 0 N–H and O–H groups in total. The molecule has 0 fully saturated rings. The zero-order valence-electron chi connectivity index (χ0n) is 22.4. The summed E-state index contributed by atoms with van der Waals surface area (Å²) in [7, 11) is 3.37. The number of benzene rings is 4. The van der Waals surface area contributed by atoms with Crippen molar-refractivity contribution in [3.05, 3.63) is 121 Å². The van der Waals surface area contributed by atoms with E-state index in [0.717, 1.165) is 80.5 Å². The van der Waals surface area contributed by atoms with E-state index in [2.05, 4.69) is 56.6 Å². The van der Waals surface area contributed by atoms with Crippen LogP contribution in [0.1, 0.15) is 24.0 Å². The van der Waals surface area contributed by atoms with E-state index in [1.54, 1.807) is 14.2 Å². The van der Waals surface area contributed by atoms with Gasteiger partial charge in [-0.05, 0) is 70.8 Å². The van der Waals surface area contributed by atoms with Gasteiger partial charge in [-0.25, -0.2) is 0 Å². The molecule has 0 atom stereocenters. The van der Waals surface area contributed by atoms with Crippen molar-refractivity contribution in [3.63, 3.8) is 0 Å². The molecule has 4 aromatic rings. The number of methoxy groups -OCH3 is 2. The van der Waals surface area contributed by atoms with Gasteiger partial charge in [0, 0.05) is 36.4 Å². The van der Waals surface area contributed by atoms with E-state index in [1.165, 1.54) is 0 Å². The van der Waals surface area contributed by atoms with Gasteiger partial charge in [0.05, 0.1) is 37.0 Å². The topological polar surface area (TPSA) is 67.9 Å². The number of rotatable bonds is 8. The molecule has 6 nitrogen and oxygen atoms in total. The Balaban J connectivity index is 1.26. The molecule has 6 heteroatoms. The van der Waals surface area contributed by atoms with Crippen LogP contribution in [0.15, 0.2) is 130 Å². The van der Waals surface area contributed by atoms with Crippen LogP contribution in [0.25, 0.3) is 22.3 Å². The fourth-order valence-electron chi connectivity index (χ4n) is 4.92. The molecule has 6 rings (SSSR count). The molecule has 0 saturated carbocycles. The SMILES string of the molecule is COc1ccc(-c2cccc(/N=N/c3cccc(-c4ccc(OC)c(C5=NC=CC5)c4)c3)c2)cc1C1=NC=CC1. The van der Waals surface area contributed by atoms with Gasteiger partial charge < -0.3 is 9.47 Å². The Hall–Kier alpha value is -5.10. The predicted octanol–water partition coefficient (Wildman–Crippen LogP) is 8.87. The summed E-state index contributed by atoms with van der Waals surface area (Å²) in [5.41, 5.74) is 9.82. The number of aliphatic imine (C=N–C) groups is 2. The maximum Gasteiger partial charge on any atom is 0.127 e. The standard InChI is InChI=1S/C34H28N4O2/c1-39-33-15-13-25(21-29(33)31-11-5-17-35-31)23-7-3-9-27(19-23)37-38-28-10-4-8-24(20-28)26-14-16-34(40-2)30(22-26)32-12-6-18-36-32/h3-10,13-22H,11-12H2,1-2H3/b38-37+. The third-order valence-electron chi connectivity index (χ3n) is 6.95. The summed E-state index contributed by atoms with van der Waals surface area (Å²) in [6.07, 6.45) is 9.38. The van der Waals surface area contributed by atoms with Crippen molar-refractivity contribution < 1.29 is 9.47 Å². The van der Waals surface area contributed by atoms with Crippen molar-refractivity contribution in [3.8, 4) is 33.8 Å². The largest absolute Gasteiger partial charge is 0.496 e. The molecule has 2 heterocycles. The van der Waals surface area contributed by atoms with E-state index < -0.39 is 0 Å². The first-order valence-corrected chi connectivity index (χ1v) is 13.1. The highest BCUT2D eigenvalue weighted by molar-refractivity contribution is 6.06. The van der Waals surface area contributed by atoms with Crippen LogP contribution < -0.4 is 9.47 Å². The van der Waals surface area contributed by atoms with Crippen molar-refractivity contribution in [1.29, 1.82) is 0 Å². The molecule has 2 aliphatic rings. The number of nitrogens with zero attached hydrogens (tertiary/aromatic N) is 4. The van der Waals surface area contributed by atoms with Crippen LogP contribution in [0, 0.1) is 0 Å². The highest BCUT2D eigenvalue weighted by atomic mass is 16.5. The summed E-state index contributed by atoms with van der Waals surface area (Å²) < 4.78 is 11.2. The summed E-state index contributed by atoms with van der Waals surface area (Å²) in [4.78, 5) is 9.00. The molecule has 0 saturated heterocycles. The fraction of sp³-hybridized carbons (Fsp3) is 0.118. The molecule has 0 spiro atoms. The van der Waals surface area contributed by atoms with Gasteiger partial charge in [0.15, 0.2) is 0 Å². The molecule has 196 valence electrons. The molecule has 0 aromatic heterocycles. The summed E-state index contributed by atoms with van der Waals surface area (Å²) in [5.74, 6) is 1.64. The first-order chi connectivity index (χ1) is 19.7. The number of hydrogen-bond acceptors (Lipinski definition) is 6. The molecule has 0 radical (unpaired) electrons. The van der Waals surface area contributed by atoms with E-state index >= 15 is 0 Å². The number of hydrogen-bond donors (Lipinski definition) is 0.